The lowest BCUT2D eigenvalue weighted by molar-refractivity contribution is 0.237. The molecule has 0 saturated carbocycles. The van der Waals surface area contributed by atoms with Gasteiger partial charge < -0.3 is 4.90 Å². The lowest BCUT2D eigenvalue weighted by Crippen LogP contribution is -2.36. The number of aromatic nitrogens is 4. The molecule has 0 N–H and O–H groups in total. The van der Waals surface area contributed by atoms with Crippen LogP contribution in [0.5, 0.6) is 0 Å². The van der Waals surface area contributed by atoms with Crippen molar-refractivity contribution in [2.24, 2.45) is 0 Å². The number of halogens is 1. The maximum atomic E-state index is 6.32. The summed E-state index contributed by atoms with van der Waals surface area (Å²) in [6.45, 7) is 2.76. The highest BCUT2D eigenvalue weighted by Gasteiger charge is 2.36. The minimum absolute atomic E-state index is 0.295. The largest absolute Gasteiger partial charge is 0.303 e. The summed E-state index contributed by atoms with van der Waals surface area (Å²) in [7, 11) is 4.24. The first kappa shape index (κ1) is 16.4. The fourth-order valence-electron chi connectivity index (χ4n) is 3.70. The average Bonchev–Trinajstić information content (AvgIpc) is 3.27. The van der Waals surface area contributed by atoms with Crippen molar-refractivity contribution in [3.8, 4) is 0 Å². The zero-order valence-corrected chi connectivity index (χ0v) is 15.1. The van der Waals surface area contributed by atoms with Crippen LogP contribution in [0.25, 0.3) is 10.9 Å². The van der Waals surface area contributed by atoms with Crippen molar-refractivity contribution in [3.63, 3.8) is 0 Å². The van der Waals surface area contributed by atoms with Crippen LogP contribution in [0.4, 0.5) is 0 Å². The standard InChI is InChI=1S/C18H21ClN6/c1-23(2)16-11-24(12-17(16)25-9-8-21-22-25)10-13-5-6-15(19)14-4-3-7-20-18(13)14/h3-9,16-17H,10-12H2,1-2H3/t16-,17+/m1/s1. The van der Waals surface area contributed by atoms with E-state index in [-0.39, 0.29) is 0 Å². The summed E-state index contributed by atoms with van der Waals surface area (Å²) in [5, 5.41) is 9.95. The van der Waals surface area contributed by atoms with E-state index < -0.39 is 0 Å². The first-order valence-electron chi connectivity index (χ1n) is 8.40. The summed E-state index contributed by atoms with van der Waals surface area (Å²) >= 11 is 6.32. The van der Waals surface area contributed by atoms with E-state index >= 15 is 0 Å². The Labute approximate surface area is 152 Å². The van der Waals surface area contributed by atoms with E-state index in [1.165, 1.54) is 5.56 Å². The zero-order valence-electron chi connectivity index (χ0n) is 14.4. The summed E-state index contributed by atoms with van der Waals surface area (Å²) in [5.41, 5.74) is 2.19. The molecule has 0 spiro atoms. The summed E-state index contributed by atoms with van der Waals surface area (Å²) < 4.78 is 1.98. The van der Waals surface area contributed by atoms with Crippen LogP contribution < -0.4 is 0 Å². The average molecular weight is 357 g/mol. The van der Waals surface area contributed by atoms with Gasteiger partial charge in [-0.2, -0.15) is 0 Å². The fourth-order valence-corrected chi connectivity index (χ4v) is 3.92. The number of fused-ring (bicyclic) bond motifs is 1. The van der Waals surface area contributed by atoms with Crippen LogP contribution in [0.2, 0.25) is 5.02 Å². The third-order valence-corrected chi connectivity index (χ3v) is 5.30. The molecule has 25 heavy (non-hydrogen) atoms. The quantitative estimate of drug-likeness (QED) is 0.718. The topological polar surface area (TPSA) is 50.1 Å². The van der Waals surface area contributed by atoms with Gasteiger partial charge in [0.2, 0.25) is 0 Å². The lowest BCUT2D eigenvalue weighted by atomic mass is 10.1. The van der Waals surface area contributed by atoms with Gasteiger partial charge in [-0.05, 0) is 37.9 Å². The molecule has 6 nitrogen and oxygen atoms in total. The van der Waals surface area contributed by atoms with E-state index in [2.05, 4.69) is 45.3 Å². The highest BCUT2D eigenvalue weighted by molar-refractivity contribution is 6.35. The molecule has 2 atom stereocenters. The SMILES string of the molecule is CN(C)[C@@H]1CN(Cc2ccc(Cl)c3cccnc23)C[C@@H]1n1ccnn1. The molecule has 7 heteroatoms. The van der Waals surface area contributed by atoms with Crippen LogP contribution in [0.3, 0.4) is 0 Å². The Balaban J connectivity index is 1.61. The molecule has 1 aliphatic heterocycles. The number of rotatable bonds is 4. The Morgan fingerprint density at radius 2 is 2.08 bits per heavy atom. The summed E-state index contributed by atoms with van der Waals surface area (Å²) in [4.78, 5) is 9.28. The van der Waals surface area contributed by atoms with E-state index in [0.29, 0.717) is 12.1 Å². The predicted molar refractivity (Wildman–Crippen MR) is 98.6 cm³/mol. The number of likely N-dealkylation sites (N-methyl/N-ethyl adjacent to an activating group) is 1. The van der Waals surface area contributed by atoms with Crippen LogP contribution >= 0.6 is 11.6 Å². The van der Waals surface area contributed by atoms with E-state index in [4.69, 9.17) is 11.6 Å². The Bertz CT molecular complexity index is 863. The number of likely N-dealkylation sites (tertiary alicyclic amines) is 1. The minimum atomic E-state index is 0.295. The van der Waals surface area contributed by atoms with Gasteiger partial charge in [-0.25, -0.2) is 4.68 Å². The van der Waals surface area contributed by atoms with Crippen molar-refractivity contribution in [2.45, 2.75) is 18.6 Å². The van der Waals surface area contributed by atoms with Crippen molar-refractivity contribution >= 4 is 22.5 Å². The molecule has 1 aliphatic rings. The first-order valence-corrected chi connectivity index (χ1v) is 8.78. The first-order chi connectivity index (χ1) is 12.1. The lowest BCUT2D eigenvalue weighted by Gasteiger charge is -2.24. The molecular weight excluding hydrogens is 336 g/mol. The monoisotopic (exact) mass is 356 g/mol. The van der Waals surface area contributed by atoms with Gasteiger partial charge in [0.1, 0.15) is 0 Å². The van der Waals surface area contributed by atoms with Gasteiger partial charge in [-0.1, -0.05) is 22.9 Å². The molecule has 1 aromatic carbocycles. The molecule has 0 bridgehead atoms. The van der Waals surface area contributed by atoms with Gasteiger partial charge in [0.25, 0.3) is 0 Å². The summed E-state index contributed by atoms with van der Waals surface area (Å²) in [6.07, 6.45) is 5.52. The molecule has 3 heterocycles. The van der Waals surface area contributed by atoms with E-state index in [1.807, 2.05) is 35.3 Å². The zero-order chi connectivity index (χ0) is 17.4. The van der Waals surface area contributed by atoms with Crippen molar-refractivity contribution in [3.05, 3.63) is 53.4 Å². The predicted octanol–water partition coefficient (Wildman–Crippen LogP) is 2.47. The van der Waals surface area contributed by atoms with E-state index in [1.54, 1.807) is 6.20 Å². The Kier molecular flexibility index (Phi) is 4.41. The van der Waals surface area contributed by atoms with Gasteiger partial charge >= 0.3 is 0 Å². The Morgan fingerprint density at radius 1 is 1.20 bits per heavy atom. The molecule has 1 saturated heterocycles. The van der Waals surface area contributed by atoms with Gasteiger partial charge in [0, 0.05) is 48.5 Å². The van der Waals surface area contributed by atoms with Crippen molar-refractivity contribution in [1.29, 1.82) is 0 Å². The second-order valence-electron chi connectivity index (χ2n) is 6.78. The number of benzene rings is 1. The van der Waals surface area contributed by atoms with Gasteiger partial charge in [0.15, 0.2) is 0 Å². The Hall–Kier alpha value is -2.02. The molecular formula is C18H21ClN6. The summed E-state index contributed by atoms with van der Waals surface area (Å²) in [6, 6.07) is 8.70. The molecule has 0 amide bonds. The van der Waals surface area contributed by atoms with Crippen molar-refractivity contribution in [1.82, 2.24) is 29.8 Å². The molecule has 4 rings (SSSR count). The molecule has 3 aromatic rings. The third-order valence-electron chi connectivity index (χ3n) is 4.97. The molecule has 0 radical (unpaired) electrons. The van der Waals surface area contributed by atoms with Gasteiger partial charge in [-0.3, -0.25) is 9.88 Å². The van der Waals surface area contributed by atoms with Gasteiger partial charge in [0.05, 0.1) is 17.8 Å². The summed E-state index contributed by atoms with van der Waals surface area (Å²) in [5.74, 6) is 0. The molecule has 1 fully saturated rings. The number of hydrogen-bond donors (Lipinski definition) is 0. The molecule has 130 valence electrons. The number of nitrogens with zero attached hydrogens (tertiary/aromatic N) is 6. The molecule has 0 unspecified atom stereocenters. The fraction of sp³-hybridized carbons (Fsp3) is 0.389. The van der Waals surface area contributed by atoms with Crippen molar-refractivity contribution < 1.29 is 0 Å². The molecule has 2 aromatic heterocycles. The normalized spacial score (nSPS) is 21.4. The smallest absolute Gasteiger partial charge is 0.0831 e. The maximum Gasteiger partial charge on any atom is 0.0831 e. The van der Waals surface area contributed by atoms with Crippen LogP contribution in [0.1, 0.15) is 11.6 Å². The van der Waals surface area contributed by atoms with Crippen LogP contribution in [-0.4, -0.2) is 63.0 Å². The highest BCUT2D eigenvalue weighted by atomic mass is 35.5. The van der Waals surface area contributed by atoms with Crippen LogP contribution in [0, 0.1) is 0 Å². The number of pyridine rings is 1. The van der Waals surface area contributed by atoms with Gasteiger partial charge in [-0.15, -0.1) is 5.10 Å². The van der Waals surface area contributed by atoms with E-state index in [0.717, 1.165) is 35.6 Å². The third kappa shape index (κ3) is 3.13. The van der Waals surface area contributed by atoms with Crippen molar-refractivity contribution in [2.75, 3.05) is 27.2 Å². The number of hydrogen-bond acceptors (Lipinski definition) is 5. The molecule has 0 aliphatic carbocycles. The second kappa shape index (κ2) is 6.71. The highest BCUT2D eigenvalue weighted by Crippen LogP contribution is 2.29. The van der Waals surface area contributed by atoms with E-state index in [9.17, 15) is 0 Å². The second-order valence-corrected chi connectivity index (χ2v) is 7.19. The Morgan fingerprint density at radius 3 is 2.84 bits per heavy atom. The minimum Gasteiger partial charge on any atom is -0.303 e. The van der Waals surface area contributed by atoms with Crippen LogP contribution in [-0.2, 0) is 6.54 Å². The van der Waals surface area contributed by atoms with Crippen LogP contribution in [0.15, 0.2) is 42.9 Å². The maximum absolute atomic E-state index is 6.32.